The lowest BCUT2D eigenvalue weighted by molar-refractivity contribution is 0.572. The average molecular weight is 476 g/mol. The Hall–Kier alpha value is -0.0400. The average Bonchev–Trinajstić information content (AvgIpc) is 2.47. The SMILES string of the molecule is CCNC(CSc1cccc(Br)c1)Cc1ccc(I)cc1. The van der Waals surface area contributed by atoms with Gasteiger partial charge in [0, 0.05) is 24.7 Å². The summed E-state index contributed by atoms with van der Waals surface area (Å²) in [7, 11) is 0. The fourth-order valence-corrected chi connectivity index (χ4v) is 4.06. The summed E-state index contributed by atoms with van der Waals surface area (Å²) in [5.74, 6) is 1.08. The van der Waals surface area contributed by atoms with E-state index in [0.29, 0.717) is 6.04 Å². The van der Waals surface area contributed by atoms with Crippen molar-refractivity contribution in [3.63, 3.8) is 0 Å². The molecule has 1 atom stereocenters. The fraction of sp³-hybridized carbons (Fsp3) is 0.294. The van der Waals surface area contributed by atoms with E-state index in [1.54, 1.807) is 0 Å². The second kappa shape index (κ2) is 9.18. The molecular weight excluding hydrogens is 457 g/mol. The standard InChI is InChI=1S/C17H19BrINS/c1-2-20-16(10-13-6-8-15(19)9-7-13)12-21-17-5-3-4-14(18)11-17/h3-9,11,16,20H,2,10,12H2,1H3. The summed E-state index contributed by atoms with van der Waals surface area (Å²) in [6.07, 6.45) is 1.08. The van der Waals surface area contributed by atoms with Gasteiger partial charge in [-0.1, -0.05) is 41.1 Å². The highest BCUT2D eigenvalue weighted by Crippen LogP contribution is 2.23. The lowest BCUT2D eigenvalue weighted by Gasteiger charge is -2.18. The van der Waals surface area contributed by atoms with Crippen LogP contribution in [0.3, 0.4) is 0 Å². The van der Waals surface area contributed by atoms with Gasteiger partial charge < -0.3 is 5.32 Å². The summed E-state index contributed by atoms with van der Waals surface area (Å²) in [4.78, 5) is 1.31. The predicted molar refractivity (Wildman–Crippen MR) is 105 cm³/mol. The lowest BCUT2D eigenvalue weighted by atomic mass is 10.1. The first kappa shape index (κ1) is 17.3. The molecule has 0 bridgehead atoms. The van der Waals surface area contributed by atoms with Gasteiger partial charge in [-0.2, -0.15) is 0 Å². The van der Waals surface area contributed by atoms with Crippen LogP contribution in [-0.2, 0) is 6.42 Å². The normalized spacial score (nSPS) is 12.3. The quantitative estimate of drug-likeness (QED) is 0.427. The minimum atomic E-state index is 0.499. The predicted octanol–water partition coefficient (Wildman–Crippen LogP) is 5.37. The number of halogens is 2. The summed E-state index contributed by atoms with van der Waals surface area (Å²) in [5, 5.41) is 3.60. The maximum atomic E-state index is 3.60. The highest BCUT2D eigenvalue weighted by molar-refractivity contribution is 14.1. The fourth-order valence-electron chi connectivity index (χ4n) is 2.14. The molecule has 0 aromatic heterocycles. The van der Waals surface area contributed by atoms with Crippen LogP contribution in [-0.4, -0.2) is 18.3 Å². The summed E-state index contributed by atoms with van der Waals surface area (Å²) < 4.78 is 2.44. The van der Waals surface area contributed by atoms with Crippen molar-refractivity contribution in [2.24, 2.45) is 0 Å². The van der Waals surface area contributed by atoms with Gasteiger partial charge in [0.25, 0.3) is 0 Å². The molecule has 0 aliphatic heterocycles. The summed E-state index contributed by atoms with van der Waals surface area (Å²) in [5.41, 5.74) is 1.40. The van der Waals surface area contributed by atoms with Gasteiger partial charge in [0.05, 0.1) is 0 Å². The van der Waals surface area contributed by atoms with Crippen molar-refractivity contribution in [2.45, 2.75) is 24.3 Å². The zero-order chi connectivity index (χ0) is 15.1. The summed E-state index contributed by atoms with van der Waals surface area (Å²) >= 11 is 7.79. The third-order valence-electron chi connectivity index (χ3n) is 3.14. The lowest BCUT2D eigenvalue weighted by Crippen LogP contribution is -2.33. The zero-order valence-electron chi connectivity index (χ0n) is 12.0. The van der Waals surface area contributed by atoms with Crippen LogP contribution in [0, 0.1) is 3.57 Å². The molecule has 0 aliphatic carbocycles. The van der Waals surface area contributed by atoms with Crippen molar-refractivity contribution < 1.29 is 0 Å². The number of rotatable bonds is 7. The number of thioether (sulfide) groups is 1. The highest BCUT2D eigenvalue weighted by atomic mass is 127. The van der Waals surface area contributed by atoms with Gasteiger partial charge in [0.2, 0.25) is 0 Å². The van der Waals surface area contributed by atoms with Crippen LogP contribution in [0.5, 0.6) is 0 Å². The van der Waals surface area contributed by atoms with Gasteiger partial charge in [-0.3, -0.25) is 0 Å². The van der Waals surface area contributed by atoms with Crippen LogP contribution in [0.25, 0.3) is 0 Å². The Bertz CT molecular complexity index is 559. The maximum Gasteiger partial charge on any atom is 0.0201 e. The maximum absolute atomic E-state index is 3.60. The molecule has 1 unspecified atom stereocenters. The Balaban J connectivity index is 1.93. The Morgan fingerprint density at radius 2 is 1.95 bits per heavy atom. The molecule has 0 aliphatic rings. The Kier molecular flexibility index (Phi) is 7.57. The summed E-state index contributed by atoms with van der Waals surface area (Å²) in [6, 6.07) is 17.8. The van der Waals surface area contributed by atoms with E-state index >= 15 is 0 Å². The molecule has 2 aromatic carbocycles. The second-order valence-electron chi connectivity index (χ2n) is 4.85. The molecule has 0 fully saturated rings. The Morgan fingerprint density at radius 1 is 1.19 bits per heavy atom. The van der Waals surface area contributed by atoms with E-state index in [9.17, 15) is 0 Å². The van der Waals surface area contributed by atoms with Crippen LogP contribution >= 0.6 is 50.3 Å². The first-order valence-electron chi connectivity index (χ1n) is 7.03. The molecule has 0 radical (unpaired) electrons. The van der Waals surface area contributed by atoms with Gasteiger partial charge in [-0.15, -0.1) is 11.8 Å². The van der Waals surface area contributed by atoms with Crippen LogP contribution < -0.4 is 5.32 Å². The van der Waals surface area contributed by atoms with Gasteiger partial charge >= 0.3 is 0 Å². The molecule has 0 saturated carbocycles. The first-order chi connectivity index (χ1) is 10.2. The van der Waals surface area contributed by atoms with E-state index in [1.807, 2.05) is 11.8 Å². The van der Waals surface area contributed by atoms with Crippen molar-refractivity contribution in [3.8, 4) is 0 Å². The molecule has 21 heavy (non-hydrogen) atoms. The molecule has 1 N–H and O–H groups in total. The molecular formula is C17H19BrINS. The Morgan fingerprint density at radius 3 is 2.62 bits per heavy atom. The molecule has 0 heterocycles. The second-order valence-corrected chi connectivity index (χ2v) is 8.11. The molecule has 112 valence electrons. The van der Waals surface area contributed by atoms with Crippen molar-refractivity contribution in [1.29, 1.82) is 0 Å². The van der Waals surface area contributed by atoms with E-state index in [-0.39, 0.29) is 0 Å². The first-order valence-corrected chi connectivity index (χ1v) is 9.89. The number of benzene rings is 2. The van der Waals surface area contributed by atoms with Crippen molar-refractivity contribution >= 4 is 50.3 Å². The highest BCUT2D eigenvalue weighted by Gasteiger charge is 2.09. The molecule has 0 amide bonds. The van der Waals surface area contributed by atoms with Crippen LogP contribution in [0.4, 0.5) is 0 Å². The Labute approximate surface area is 153 Å². The summed E-state index contributed by atoms with van der Waals surface area (Å²) in [6.45, 7) is 3.18. The van der Waals surface area contributed by atoms with E-state index in [0.717, 1.165) is 23.2 Å². The van der Waals surface area contributed by atoms with E-state index in [4.69, 9.17) is 0 Å². The number of hydrogen-bond acceptors (Lipinski definition) is 2. The number of nitrogens with one attached hydrogen (secondary N) is 1. The van der Waals surface area contributed by atoms with E-state index in [2.05, 4.69) is 99.3 Å². The number of hydrogen-bond donors (Lipinski definition) is 1. The molecule has 2 rings (SSSR count). The minimum absolute atomic E-state index is 0.499. The van der Waals surface area contributed by atoms with Crippen LogP contribution in [0.2, 0.25) is 0 Å². The topological polar surface area (TPSA) is 12.0 Å². The molecule has 4 heteroatoms. The van der Waals surface area contributed by atoms with Gasteiger partial charge in [0.1, 0.15) is 0 Å². The monoisotopic (exact) mass is 475 g/mol. The molecule has 2 aromatic rings. The smallest absolute Gasteiger partial charge is 0.0201 e. The van der Waals surface area contributed by atoms with Gasteiger partial charge in [-0.05, 0) is 71.5 Å². The van der Waals surface area contributed by atoms with Crippen LogP contribution in [0.15, 0.2) is 57.9 Å². The molecule has 1 nitrogen and oxygen atoms in total. The number of likely N-dealkylation sites (N-methyl/N-ethyl adjacent to an activating group) is 1. The van der Waals surface area contributed by atoms with E-state index in [1.165, 1.54) is 14.0 Å². The zero-order valence-corrected chi connectivity index (χ0v) is 16.5. The molecule has 0 spiro atoms. The van der Waals surface area contributed by atoms with Crippen molar-refractivity contribution in [3.05, 3.63) is 62.1 Å². The van der Waals surface area contributed by atoms with Crippen molar-refractivity contribution in [2.75, 3.05) is 12.3 Å². The molecule has 0 saturated heterocycles. The van der Waals surface area contributed by atoms with E-state index < -0.39 is 0 Å². The van der Waals surface area contributed by atoms with Gasteiger partial charge in [-0.25, -0.2) is 0 Å². The largest absolute Gasteiger partial charge is 0.313 e. The third-order valence-corrected chi connectivity index (χ3v) is 5.50. The third kappa shape index (κ3) is 6.30. The minimum Gasteiger partial charge on any atom is -0.313 e. The van der Waals surface area contributed by atoms with Crippen LogP contribution in [0.1, 0.15) is 12.5 Å². The van der Waals surface area contributed by atoms with Crippen molar-refractivity contribution in [1.82, 2.24) is 5.32 Å². The van der Waals surface area contributed by atoms with Gasteiger partial charge in [0.15, 0.2) is 0 Å².